The van der Waals surface area contributed by atoms with E-state index in [1.54, 1.807) is 0 Å². The molecule has 1 N–H and O–H groups in total. The Balaban J connectivity index is 2.87. The number of benzene rings is 1. The highest BCUT2D eigenvalue weighted by atomic mass is 79.9. The van der Waals surface area contributed by atoms with E-state index in [1.807, 2.05) is 38.1 Å². The van der Waals surface area contributed by atoms with Crippen molar-refractivity contribution in [2.75, 3.05) is 33.9 Å². The summed E-state index contributed by atoms with van der Waals surface area (Å²) in [6.07, 6.45) is 0.560. The summed E-state index contributed by atoms with van der Waals surface area (Å²) in [7, 11) is 3.97. The minimum atomic E-state index is -0.810. The first-order chi connectivity index (χ1) is 9.93. The van der Waals surface area contributed by atoms with E-state index in [9.17, 15) is 4.79 Å². The highest BCUT2D eigenvalue weighted by Gasteiger charge is 2.13. The Morgan fingerprint density at radius 1 is 1.33 bits per heavy atom. The monoisotopic (exact) mass is 359 g/mol. The molecule has 0 amide bonds. The minimum absolute atomic E-state index is 0.0961. The molecule has 0 bridgehead atoms. The summed E-state index contributed by atoms with van der Waals surface area (Å²) >= 11 is 3.48. The van der Waals surface area contributed by atoms with Crippen LogP contribution in [0, 0.1) is 0 Å². The molecule has 0 heterocycles. The largest absolute Gasteiger partial charge is 0.490 e. The van der Waals surface area contributed by atoms with Crippen molar-refractivity contribution in [1.82, 2.24) is 4.90 Å². The number of aryl methyl sites for hydroxylation is 1. The molecule has 1 aromatic carbocycles. The van der Waals surface area contributed by atoms with E-state index in [1.165, 1.54) is 0 Å². The lowest BCUT2D eigenvalue weighted by atomic mass is 10.1. The fourth-order valence-electron chi connectivity index (χ4n) is 1.75. The zero-order valence-electron chi connectivity index (χ0n) is 12.7. The molecule has 6 heteroatoms. The van der Waals surface area contributed by atoms with Crippen LogP contribution in [0.1, 0.15) is 18.9 Å². The normalized spacial score (nSPS) is 10.7. The van der Waals surface area contributed by atoms with Crippen LogP contribution in [0.3, 0.4) is 0 Å². The quantitative estimate of drug-likeness (QED) is 0.734. The van der Waals surface area contributed by atoms with Crippen molar-refractivity contribution in [2.45, 2.75) is 19.8 Å². The van der Waals surface area contributed by atoms with Crippen molar-refractivity contribution in [1.29, 1.82) is 0 Å². The molecule has 0 unspecified atom stereocenters. The highest BCUT2D eigenvalue weighted by molar-refractivity contribution is 9.10. The Labute approximate surface area is 134 Å². The van der Waals surface area contributed by atoms with E-state index < -0.39 is 5.97 Å². The van der Waals surface area contributed by atoms with E-state index in [0.717, 1.165) is 16.6 Å². The minimum Gasteiger partial charge on any atom is -0.490 e. The zero-order valence-corrected chi connectivity index (χ0v) is 14.3. The van der Waals surface area contributed by atoms with Gasteiger partial charge in [-0.1, -0.05) is 0 Å². The van der Waals surface area contributed by atoms with Crippen molar-refractivity contribution in [3.63, 3.8) is 0 Å². The van der Waals surface area contributed by atoms with Crippen molar-refractivity contribution in [2.24, 2.45) is 0 Å². The topological polar surface area (TPSA) is 59.0 Å². The molecule has 0 aliphatic heterocycles. The van der Waals surface area contributed by atoms with Gasteiger partial charge in [-0.25, -0.2) is 0 Å². The molecule has 0 radical (unpaired) electrons. The van der Waals surface area contributed by atoms with Crippen molar-refractivity contribution < 1.29 is 19.4 Å². The van der Waals surface area contributed by atoms with Crippen LogP contribution in [0.5, 0.6) is 11.5 Å². The fraction of sp³-hybridized carbons (Fsp3) is 0.533. The molecule has 0 atom stereocenters. The first kappa shape index (κ1) is 17.8. The van der Waals surface area contributed by atoms with Gasteiger partial charge in [0.05, 0.1) is 11.1 Å². The zero-order chi connectivity index (χ0) is 15.8. The van der Waals surface area contributed by atoms with Crippen LogP contribution in [0.2, 0.25) is 0 Å². The molecule has 1 aromatic rings. The average molecular weight is 360 g/mol. The molecule has 0 saturated heterocycles. The van der Waals surface area contributed by atoms with E-state index in [-0.39, 0.29) is 6.42 Å². The molecular formula is C15H22BrNO4. The summed E-state index contributed by atoms with van der Waals surface area (Å²) in [6, 6.07) is 3.73. The van der Waals surface area contributed by atoms with Gasteiger partial charge in [0.25, 0.3) is 0 Å². The van der Waals surface area contributed by atoms with E-state index in [2.05, 4.69) is 15.9 Å². The van der Waals surface area contributed by atoms with Crippen LogP contribution in [0.4, 0.5) is 0 Å². The van der Waals surface area contributed by atoms with Crippen molar-refractivity contribution in [3.05, 3.63) is 22.2 Å². The van der Waals surface area contributed by atoms with Crippen LogP contribution >= 0.6 is 15.9 Å². The predicted molar refractivity (Wildman–Crippen MR) is 85.3 cm³/mol. The number of halogens is 1. The van der Waals surface area contributed by atoms with E-state index in [0.29, 0.717) is 31.1 Å². The maximum atomic E-state index is 10.7. The Kier molecular flexibility index (Phi) is 7.53. The number of carbonyl (C=O) groups is 1. The molecule has 0 spiro atoms. The van der Waals surface area contributed by atoms with E-state index >= 15 is 0 Å². The Morgan fingerprint density at radius 2 is 2.05 bits per heavy atom. The standard InChI is InChI=1S/C15H22BrNO4/c1-4-20-13-10-11(5-6-14(18)19)9-12(16)15(13)21-8-7-17(2)3/h9-10H,4-8H2,1-3H3,(H,18,19). The Morgan fingerprint density at radius 3 is 2.62 bits per heavy atom. The van der Waals surface area contributed by atoms with Crippen LogP contribution in [-0.2, 0) is 11.2 Å². The third-order valence-electron chi connectivity index (χ3n) is 2.78. The third-order valence-corrected chi connectivity index (χ3v) is 3.37. The highest BCUT2D eigenvalue weighted by Crippen LogP contribution is 2.37. The summed E-state index contributed by atoms with van der Waals surface area (Å²) in [5.74, 6) is 0.499. The number of aliphatic carboxylic acids is 1. The number of hydrogen-bond donors (Lipinski definition) is 1. The van der Waals surface area contributed by atoms with Gasteiger partial charge in [-0.2, -0.15) is 0 Å². The van der Waals surface area contributed by atoms with Gasteiger partial charge in [0.1, 0.15) is 6.61 Å². The molecule has 21 heavy (non-hydrogen) atoms. The first-order valence-corrected chi connectivity index (χ1v) is 7.67. The summed E-state index contributed by atoms with van der Waals surface area (Å²) in [5, 5.41) is 8.77. The number of carboxylic acids is 1. The number of hydrogen-bond acceptors (Lipinski definition) is 4. The van der Waals surface area contributed by atoms with Crippen LogP contribution in [0.25, 0.3) is 0 Å². The molecule has 118 valence electrons. The second-order valence-corrected chi connectivity index (χ2v) is 5.74. The SMILES string of the molecule is CCOc1cc(CCC(=O)O)cc(Br)c1OCCN(C)C. The molecular weight excluding hydrogens is 338 g/mol. The van der Waals surface area contributed by atoms with Gasteiger partial charge < -0.3 is 19.5 Å². The van der Waals surface area contributed by atoms with Gasteiger partial charge in [-0.3, -0.25) is 4.79 Å². The van der Waals surface area contributed by atoms with Crippen molar-refractivity contribution >= 4 is 21.9 Å². The van der Waals surface area contributed by atoms with Gasteiger partial charge in [0, 0.05) is 13.0 Å². The lowest BCUT2D eigenvalue weighted by Gasteiger charge is -2.16. The smallest absolute Gasteiger partial charge is 0.303 e. The molecule has 5 nitrogen and oxygen atoms in total. The van der Waals surface area contributed by atoms with E-state index in [4.69, 9.17) is 14.6 Å². The number of ether oxygens (including phenoxy) is 2. The summed E-state index contributed by atoms with van der Waals surface area (Å²) in [5.41, 5.74) is 0.910. The number of carboxylic acid groups (broad SMARTS) is 1. The fourth-order valence-corrected chi connectivity index (χ4v) is 2.35. The number of likely N-dealkylation sites (N-methyl/N-ethyl adjacent to an activating group) is 1. The van der Waals surface area contributed by atoms with Crippen LogP contribution < -0.4 is 9.47 Å². The Bertz CT molecular complexity index is 477. The third kappa shape index (κ3) is 6.35. The Hall–Kier alpha value is -1.27. The second-order valence-electron chi connectivity index (χ2n) is 4.88. The molecule has 0 aromatic heterocycles. The maximum absolute atomic E-state index is 10.7. The molecule has 0 aliphatic rings. The predicted octanol–water partition coefficient (Wildman–Crippen LogP) is 2.81. The molecule has 0 aliphatic carbocycles. The number of nitrogens with zero attached hydrogens (tertiary/aromatic N) is 1. The van der Waals surface area contributed by atoms with Gasteiger partial charge in [-0.05, 0) is 61.1 Å². The summed E-state index contributed by atoms with van der Waals surface area (Å²) in [6.45, 7) is 3.79. The molecule has 0 fully saturated rings. The lowest BCUT2D eigenvalue weighted by Crippen LogP contribution is -2.19. The average Bonchev–Trinajstić information content (AvgIpc) is 2.39. The first-order valence-electron chi connectivity index (χ1n) is 6.88. The van der Waals surface area contributed by atoms with Crippen LogP contribution in [0.15, 0.2) is 16.6 Å². The van der Waals surface area contributed by atoms with Crippen molar-refractivity contribution in [3.8, 4) is 11.5 Å². The molecule has 0 saturated carbocycles. The summed E-state index contributed by atoms with van der Waals surface area (Å²) in [4.78, 5) is 12.7. The van der Waals surface area contributed by atoms with Crippen LogP contribution in [-0.4, -0.2) is 49.8 Å². The van der Waals surface area contributed by atoms with Gasteiger partial charge in [-0.15, -0.1) is 0 Å². The molecule has 1 rings (SSSR count). The lowest BCUT2D eigenvalue weighted by molar-refractivity contribution is -0.136. The van der Waals surface area contributed by atoms with Gasteiger partial charge in [0.15, 0.2) is 11.5 Å². The van der Waals surface area contributed by atoms with Gasteiger partial charge in [0.2, 0.25) is 0 Å². The maximum Gasteiger partial charge on any atom is 0.303 e. The summed E-state index contributed by atoms with van der Waals surface area (Å²) < 4.78 is 12.2. The number of rotatable bonds is 9. The second kappa shape index (κ2) is 8.89. The van der Waals surface area contributed by atoms with Gasteiger partial charge >= 0.3 is 5.97 Å².